The van der Waals surface area contributed by atoms with Crippen LogP contribution in [0.25, 0.3) is 11.3 Å². The van der Waals surface area contributed by atoms with Gasteiger partial charge in [0.05, 0.1) is 37.7 Å². The van der Waals surface area contributed by atoms with E-state index in [2.05, 4.69) is 25.6 Å². The first-order valence-corrected chi connectivity index (χ1v) is 10.9. The Labute approximate surface area is 202 Å². The molecule has 9 nitrogen and oxygen atoms in total. The van der Waals surface area contributed by atoms with E-state index in [1.165, 1.54) is 13.3 Å². The number of rotatable bonds is 7. The van der Waals surface area contributed by atoms with Gasteiger partial charge in [0, 0.05) is 24.0 Å². The summed E-state index contributed by atoms with van der Waals surface area (Å²) < 4.78 is 10.3. The number of anilines is 1. The maximum absolute atomic E-state index is 12.3. The van der Waals surface area contributed by atoms with Crippen molar-refractivity contribution in [3.63, 3.8) is 0 Å². The first-order chi connectivity index (χ1) is 16.1. The Balaban J connectivity index is 1.54. The van der Waals surface area contributed by atoms with Crippen LogP contribution in [0.2, 0.25) is 5.02 Å². The number of nitrogens with one attached hydrogen (secondary N) is 2. The van der Waals surface area contributed by atoms with Crippen molar-refractivity contribution in [3.05, 3.63) is 65.2 Å². The van der Waals surface area contributed by atoms with Gasteiger partial charge in [-0.05, 0) is 44.5 Å². The number of ether oxygens (including phenoxy) is 2. The zero-order valence-corrected chi connectivity index (χ0v) is 20.1. The van der Waals surface area contributed by atoms with E-state index < -0.39 is 11.7 Å². The minimum Gasteiger partial charge on any atom is -0.495 e. The van der Waals surface area contributed by atoms with Crippen LogP contribution in [0.3, 0.4) is 0 Å². The molecule has 0 fully saturated rings. The van der Waals surface area contributed by atoms with E-state index in [9.17, 15) is 9.59 Å². The summed E-state index contributed by atoms with van der Waals surface area (Å²) in [5.74, 6) is 0.538. The molecule has 0 spiro atoms. The lowest BCUT2D eigenvalue weighted by Crippen LogP contribution is -2.32. The fourth-order valence-electron chi connectivity index (χ4n) is 2.87. The molecule has 2 N–H and O–H groups in total. The second-order valence-corrected chi connectivity index (χ2v) is 8.78. The van der Waals surface area contributed by atoms with Crippen LogP contribution in [0.4, 0.5) is 10.6 Å². The molecule has 3 rings (SSSR count). The molecule has 2 amide bonds. The summed E-state index contributed by atoms with van der Waals surface area (Å²) in [7, 11) is 1.49. The Morgan fingerprint density at radius 1 is 1.03 bits per heavy atom. The fourth-order valence-corrected chi connectivity index (χ4v) is 3.06. The summed E-state index contributed by atoms with van der Waals surface area (Å²) in [6.07, 6.45) is 4.38. The number of aromatic nitrogens is 3. The van der Waals surface area contributed by atoms with Crippen LogP contribution in [0.5, 0.6) is 5.75 Å². The van der Waals surface area contributed by atoms with E-state index in [0.717, 1.165) is 11.1 Å². The van der Waals surface area contributed by atoms with E-state index in [-0.39, 0.29) is 18.9 Å². The number of carbonyl (C=O) groups excluding carboxylic acids is 2. The van der Waals surface area contributed by atoms with Gasteiger partial charge in [0.2, 0.25) is 5.91 Å². The number of amides is 2. The summed E-state index contributed by atoms with van der Waals surface area (Å²) in [6, 6.07) is 8.88. The monoisotopic (exact) mass is 483 g/mol. The van der Waals surface area contributed by atoms with Crippen LogP contribution in [0.1, 0.15) is 32.0 Å². The third kappa shape index (κ3) is 7.41. The Kier molecular flexibility index (Phi) is 8.01. The highest BCUT2D eigenvalue weighted by Gasteiger charge is 2.16. The number of alkyl carbamates (subject to hydrolysis) is 1. The van der Waals surface area contributed by atoms with Crippen LogP contribution >= 0.6 is 11.6 Å². The van der Waals surface area contributed by atoms with Gasteiger partial charge in [0.15, 0.2) is 0 Å². The zero-order chi connectivity index (χ0) is 24.7. The van der Waals surface area contributed by atoms with Crippen LogP contribution < -0.4 is 15.4 Å². The van der Waals surface area contributed by atoms with Crippen LogP contribution in [0, 0.1) is 0 Å². The minimum atomic E-state index is -0.555. The average Bonchev–Trinajstić information content (AvgIpc) is 2.79. The quantitative estimate of drug-likeness (QED) is 0.511. The number of pyridine rings is 3. The summed E-state index contributed by atoms with van der Waals surface area (Å²) in [5, 5.41) is 5.75. The lowest BCUT2D eigenvalue weighted by molar-refractivity contribution is -0.115. The van der Waals surface area contributed by atoms with Crippen molar-refractivity contribution in [3.8, 4) is 17.0 Å². The van der Waals surface area contributed by atoms with Gasteiger partial charge in [-0.2, -0.15) is 0 Å². The largest absolute Gasteiger partial charge is 0.495 e. The molecule has 178 valence electrons. The molecule has 0 aromatic carbocycles. The topological polar surface area (TPSA) is 115 Å². The van der Waals surface area contributed by atoms with Crippen LogP contribution in [-0.4, -0.2) is 39.7 Å². The van der Waals surface area contributed by atoms with E-state index in [1.807, 2.05) is 24.3 Å². The Hall–Kier alpha value is -3.72. The maximum atomic E-state index is 12.3. The standard InChI is InChI=1S/C24H26ClN5O4/c1-24(2,3)34-23(32)29-13-17-7-6-16(12-26-17)19-8-5-15(11-27-19)9-22(31)30-21-10-20(33-4)18(25)14-28-21/h5-8,10-12,14H,9,13H2,1-4H3,(H,29,32)(H,28,30,31). The minimum absolute atomic E-state index is 0.132. The molecule has 0 bridgehead atoms. The average molecular weight is 484 g/mol. The van der Waals surface area contributed by atoms with Crippen molar-refractivity contribution in [1.29, 1.82) is 0 Å². The molecule has 0 atom stereocenters. The smallest absolute Gasteiger partial charge is 0.407 e. The van der Waals surface area contributed by atoms with Crippen LogP contribution in [-0.2, 0) is 22.5 Å². The Bertz CT molecular complexity index is 1150. The van der Waals surface area contributed by atoms with Gasteiger partial charge >= 0.3 is 6.09 Å². The van der Waals surface area contributed by atoms with Crippen molar-refractivity contribution in [2.75, 3.05) is 12.4 Å². The molecule has 0 saturated carbocycles. The lowest BCUT2D eigenvalue weighted by atomic mass is 10.1. The zero-order valence-electron chi connectivity index (χ0n) is 19.4. The lowest BCUT2D eigenvalue weighted by Gasteiger charge is -2.19. The van der Waals surface area contributed by atoms with E-state index in [4.69, 9.17) is 21.1 Å². The number of hydrogen-bond acceptors (Lipinski definition) is 7. The summed E-state index contributed by atoms with van der Waals surface area (Å²) in [6.45, 7) is 5.67. The van der Waals surface area contributed by atoms with Gasteiger partial charge in [-0.15, -0.1) is 0 Å². The SMILES string of the molecule is COc1cc(NC(=O)Cc2ccc(-c3ccc(CNC(=O)OC(C)(C)C)nc3)nc2)ncc1Cl. The van der Waals surface area contributed by atoms with Crippen molar-refractivity contribution >= 4 is 29.4 Å². The molecular formula is C24H26ClN5O4. The maximum Gasteiger partial charge on any atom is 0.407 e. The molecule has 0 aliphatic carbocycles. The Morgan fingerprint density at radius 3 is 2.44 bits per heavy atom. The predicted molar refractivity (Wildman–Crippen MR) is 129 cm³/mol. The van der Waals surface area contributed by atoms with E-state index in [0.29, 0.717) is 28.0 Å². The van der Waals surface area contributed by atoms with Gasteiger partial charge in [-0.25, -0.2) is 9.78 Å². The molecular weight excluding hydrogens is 458 g/mol. The van der Waals surface area contributed by atoms with Crippen LogP contribution in [0.15, 0.2) is 48.9 Å². The molecule has 0 radical (unpaired) electrons. The molecule has 3 aromatic heterocycles. The van der Waals surface area contributed by atoms with Crippen molar-refractivity contribution < 1.29 is 19.1 Å². The molecule has 0 aliphatic heterocycles. The number of methoxy groups -OCH3 is 1. The first kappa shape index (κ1) is 24.9. The predicted octanol–water partition coefficient (Wildman–Crippen LogP) is 4.41. The highest BCUT2D eigenvalue weighted by molar-refractivity contribution is 6.32. The van der Waals surface area contributed by atoms with Gasteiger partial charge in [-0.3, -0.25) is 14.8 Å². The normalized spacial score (nSPS) is 11.0. The molecule has 3 heterocycles. The third-order valence-corrected chi connectivity index (χ3v) is 4.71. The summed E-state index contributed by atoms with van der Waals surface area (Å²) >= 11 is 5.95. The number of hydrogen-bond donors (Lipinski definition) is 2. The van der Waals surface area contributed by atoms with Crippen molar-refractivity contribution in [2.45, 2.75) is 39.3 Å². The first-order valence-electron chi connectivity index (χ1n) is 10.5. The highest BCUT2D eigenvalue weighted by Crippen LogP contribution is 2.25. The third-order valence-electron chi connectivity index (χ3n) is 4.43. The number of carbonyl (C=O) groups is 2. The fraction of sp³-hybridized carbons (Fsp3) is 0.292. The number of nitrogens with zero attached hydrogens (tertiary/aromatic N) is 3. The molecule has 10 heteroatoms. The molecule has 3 aromatic rings. The van der Waals surface area contributed by atoms with Gasteiger partial charge < -0.3 is 20.1 Å². The molecule has 0 saturated heterocycles. The van der Waals surface area contributed by atoms with Gasteiger partial charge in [-0.1, -0.05) is 17.7 Å². The molecule has 0 unspecified atom stereocenters. The second-order valence-electron chi connectivity index (χ2n) is 8.37. The Morgan fingerprint density at radius 2 is 1.82 bits per heavy atom. The molecule has 34 heavy (non-hydrogen) atoms. The van der Waals surface area contributed by atoms with Crippen molar-refractivity contribution in [1.82, 2.24) is 20.3 Å². The van der Waals surface area contributed by atoms with E-state index >= 15 is 0 Å². The summed E-state index contributed by atoms with van der Waals surface area (Å²) in [4.78, 5) is 37.0. The second kappa shape index (κ2) is 10.9. The van der Waals surface area contributed by atoms with Crippen molar-refractivity contribution in [2.24, 2.45) is 0 Å². The van der Waals surface area contributed by atoms with Gasteiger partial charge in [0.1, 0.15) is 22.2 Å². The summed E-state index contributed by atoms with van der Waals surface area (Å²) in [5.41, 5.74) is 2.41. The molecule has 0 aliphatic rings. The van der Waals surface area contributed by atoms with Gasteiger partial charge in [0.25, 0.3) is 0 Å². The number of halogens is 1. The highest BCUT2D eigenvalue weighted by atomic mass is 35.5. The van der Waals surface area contributed by atoms with E-state index in [1.54, 1.807) is 39.2 Å².